The molecule has 4 heterocycles. The van der Waals surface area contributed by atoms with E-state index in [0.717, 1.165) is 67.8 Å². The first kappa shape index (κ1) is 21.5. The van der Waals surface area contributed by atoms with E-state index in [4.69, 9.17) is 11.6 Å². The molecular formula is C24H28ClN5OS. The smallest absolute Gasteiger partial charge is 0.225 e. The fourth-order valence-electron chi connectivity index (χ4n) is 4.84. The van der Waals surface area contributed by atoms with Gasteiger partial charge in [0.25, 0.3) is 0 Å². The number of halogens is 1. The van der Waals surface area contributed by atoms with Crippen molar-refractivity contribution in [1.29, 1.82) is 0 Å². The van der Waals surface area contributed by atoms with Crippen LogP contribution in [0.25, 0.3) is 10.2 Å². The van der Waals surface area contributed by atoms with E-state index in [1.807, 2.05) is 12.1 Å². The monoisotopic (exact) mass is 469 g/mol. The Kier molecular flexibility index (Phi) is 5.95. The SMILES string of the molecule is Cc1sc2ncnc(N3CCC(C(=O)N4CCN(c5ccc(Cl)cc5)CC4)CC3)c2c1C. The lowest BCUT2D eigenvalue weighted by Gasteiger charge is -2.39. The number of fused-ring (bicyclic) bond motifs is 1. The molecule has 0 radical (unpaired) electrons. The summed E-state index contributed by atoms with van der Waals surface area (Å²) < 4.78 is 0. The molecule has 8 heteroatoms. The van der Waals surface area contributed by atoms with Crippen molar-refractivity contribution in [2.75, 3.05) is 49.1 Å². The minimum absolute atomic E-state index is 0.107. The Morgan fingerprint density at radius 2 is 1.66 bits per heavy atom. The van der Waals surface area contributed by atoms with Gasteiger partial charge in [-0.25, -0.2) is 9.97 Å². The molecule has 1 aromatic carbocycles. The first-order chi connectivity index (χ1) is 15.5. The average molecular weight is 470 g/mol. The zero-order valence-corrected chi connectivity index (χ0v) is 20.1. The summed E-state index contributed by atoms with van der Waals surface area (Å²) in [7, 11) is 0. The molecule has 5 rings (SSSR count). The topological polar surface area (TPSA) is 52.6 Å². The van der Waals surface area contributed by atoms with Gasteiger partial charge in [0, 0.05) is 60.8 Å². The van der Waals surface area contributed by atoms with Crippen molar-refractivity contribution >= 4 is 50.6 Å². The second-order valence-electron chi connectivity index (χ2n) is 8.71. The fraction of sp³-hybridized carbons (Fsp3) is 0.458. The summed E-state index contributed by atoms with van der Waals surface area (Å²) in [5.41, 5.74) is 2.45. The molecule has 2 saturated heterocycles. The van der Waals surface area contributed by atoms with Crippen LogP contribution in [0.15, 0.2) is 30.6 Å². The number of thiophene rings is 1. The predicted molar refractivity (Wildman–Crippen MR) is 132 cm³/mol. The van der Waals surface area contributed by atoms with Crippen molar-refractivity contribution in [3.8, 4) is 0 Å². The van der Waals surface area contributed by atoms with E-state index in [1.54, 1.807) is 17.7 Å². The number of hydrogen-bond acceptors (Lipinski definition) is 6. The van der Waals surface area contributed by atoms with Crippen LogP contribution in [0.2, 0.25) is 5.02 Å². The van der Waals surface area contributed by atoms with Crippen LogP contribution in [0.1, 0.15) is 23.3 Å². The predicted octanol–water partition coefficient (Wildman–Crippen LogP) is 4.53. The van der Waals surface area contributed by atoms with Crippen molar-refractivity contribution in [1.82, 2.24) is 14.9 Å². The van der Waals surface area contributed by atoms with E-state index in [-0.39, 0.29) is 5.92 Å². The number of rotatable bonds is 3. The largest absolute Gasteiger partial charge is 0.368 e. The number of amides is 1. The standard InChI is InChI=1S/C24H28ClN5OS/c1-16-17(2)32-23-21(16)22(26-15-27-23)29-9-7-18(8-10-29)24(31)30-13-11-28(12-14-30)20-5-3-19(25)4-6-20/h3-6,15,18H,7-14H2,1-2H3. The molecule has 32 heavy (non-hydrogen) atoms. The van der Waals surface area contributed by atoms with Crippen molar-refractivity contribution in [3.63, 3.8) is 0 Å². The third-order valence-corrected chi connectivity index (χ3v) is 8.24. The molecule has 2 aliphatic heterocycles. The normalized spacial score (nSPS) is 17.9. The van der Waals surface area contributed by atoms with E-state index in [0.29, 0.717) is 5.91 Å². The molecule has 2 fully saturated rings. The molecule has 0 atom stereocenters. The minimum Gasteiger partial charge on any atom is -0.368 e. The van der Waals surface area contributed by atoms with Gasteiger partial charge in [-0.1, -0.05) is 11.6 Å². The minimum atomic E-state index is 0.107. The molecule has 0 spiro atoms. The Morgan fingerprint density at radius 3 is 2.34 bits per heavy atom. The number of piperidine rings is 1. The van der Waals surface area contributed by atoms with Crippen LogP contribution in [0.5, 0.6) is 0 Å². The number of nitrogens with zero attached hydrogens (tertiary/aromatic N) is 5. The Hall–Kier alpha value is -2.38. The lowest BCUT2D eigenvalue weighted by molar-refractivity contribution is -0.136. The number of carbonyl (C=O) groups excluding carboxylic acids is 1. The second kappa shape index (κ2) is 8.87. The highest BCUT2D eigenvalue weighted by Gasteiger charge is 2.31. The lowest BCUT2D eigenvalue weighted by Crippen LogP contribution is -2.51. The lowest BCUT2D eigenvalue weighted by atomic mass is 9.94. The Morgan fingerprint density at radius 1 is 0.969 bits per heavy atom. The van der Waals surface area contributed by atoms with E-state index in [9.17, 15) is 4.79 Å². The molecule has 1 amide bonds. The number of hydrogen-bond donors (Lipinski definition) is 0. The number of piperazine rings is 1. The maximum Gasteiger partial charge on any atom is 0.225 e. The summed E-state index contributed by atoms with van der Waals surface area (Å²) in [4.78, 5) is 31.4. The molecule has 0 saturated carbocycles. The molecule has 3 aromatic rings. The van der Waals surface area contributed by atoms with Gasteiger partial charge >= 0.3 is 0 Å². The highest BCUT2D eigenvalue weighted by atomic mass is 35.5. The van der Waals surface area contributed by atoms with Crippen LogP contribution < -0.4 is 9.80 Å². The Balaban J connectivity index is 1.19. The zero-order chi connectivity index (χ0) is 22.2. The van der Waals surface area contributed by atoms with E-state index in [2.05, 4.69) is 50.6 Å². The molecule has 168 valence electrons. The number of carbonyl (C=O) groups is 1. The second-order valence-corrected chi connectivity index (χ2v) is 10.4. The summed E-state index contributed by atoms with van der Waals surface area (Å²) in [5.74, 6) is 1.45. The molecule has 0 N–H and O–H groups in total. The fourth-order valence-corrected chi connectivity index (χ4v) is 5.95. The quantitative estimate of drug-likeness (QED) is 0.564. The summed E-state index contributed by atoms with van der Waals surface area (Å²) in [6.45, 7) is 9.31. The Labute approximate surface area is 197 Å². The molecule has 0 bridgehead atoms. The first-order valence-corrected chi connectivity index (χ1v) is 12.5. The third-order valence-electron chi connectivity index (χ3n) is 6.87. The average Bonchev–Trinajstić information content (AvgIpc) is 3.13. The van der Waals surface area contributed by atoms with Crippen LogP contribution in [0.4, 0.5) is 11.5 Å². The highest BCUT2D eigenvalue weighted by Crippen LogP contribution is 2.36. The Bertz CT molecular complexity index is 1120. The summed E-state index contributed by atoms with van der Waals surface area (Å²) in [6, 6.07) is 7.95. The van der Waals surface area contributed by atoms with Crippen LogP contribution in [0.3, 0.4) is 0 Å². The van der Waals surface area contributed by atoms with Crippen molar-refractivity contribution < 1.29 is 4.79 Å². The maximum atomic E-state index is 13.2. The molecule has 6 nitrogen and oxygen atoms in total. The van der Waals surface area contributed by atoms with Gasteiger partial charge in [0.2, 0.25) is 5.91 Å². The van der Waals surface area contributed by atoms with Gasteiger partial charge in [-0.2, -0.15) is 0 Å². The third kappa shape index (κ3) is 4.04. The van der Waals surface area contributed by atoms with Crippen molar-refractivity contribution in [3.05, 3.63) is 46.1 Å². The van der Waals surface area contributed by atoms with Gasteiger partial charge in [0.15, 0.2) is 0 Å². The maximum absolute atomic E-state index is 13.2. The van der Waals surface area contributed by atoms with E-state index < -0.39 is 0 Å². The number of benzene rings is 1. The molecule has 2 aliphatic rings. The zero-order valence-electron chi connectivity index (χ0n) is 18.6. The molecule has 0 aliphatic carbocycles. The van der Waals surface area contributed by atoms with Crippen LogP contribution in [-0.2, 0) is 4.79 Å². The number of anilines is 2. The van der Waals surface area contributed by atoms with Crippen LogP contribution in [0, 0.1) is 19.8 Å². The van der Waals surface area contributed by atoms with Gasteiger partial charge < -0.3 is 14.7 Å². The molecule has 2 aromatic heterocycles. The van der Waals surface area contributed by atoms with Gasteiger partial charge in [0.05, 0.1) is 5.39 Å². The van der Waals surface area contributed by atoms with Gasteiger partial charge in [0.1, 0.15) is 17.0 Å². The highest BCUT2D eigenvalue weighted by molar-refractivity contribution is 7.18. The summed E-state index contributed by atoms with van der Waals surface area (Å²) >= 11 is 7.74. The van der Waals surface area contributed by atoms with Gasteiger partial charge in [-0.3, -0.25) is 4.79 Å². The number of aryl methyl sites for hydroxylation is 2. The molecular weight excluding hydrogens is 442 g/mol. The molecule has 0 unspecified atom stereocenters. The number of aromatic nitrogens is 2. The van der Waals surface area contributed by atoms with Gasteiger partial charge in [-0.15, -0.1) is 11.3 Å². The summed E-state index contributed by atoms with van der Waals surface area (Å²) in [5, 5.41) is 1.93. The van der Waals surface area contributed by atoms with Crippen LogP contribution in [-0.4, -0.2) is 60.0 Å². The van der Waals surface area contributed by atoms with Gasteiger partial charge in [-0.05, 0) is 56.5 Å². The van der Waals surface area contributed by atoms with Crippen molar-refractivity contribution in [2.45, 2.75) is 26.7 Å². The summed E-state index contributed by atoms with van der Waals surface area (Å²) in [6.07, 6.45) is 3.43. The van der Waals surface area contributed by atoms with E-state index >= 15 is 0 Å². The van der Waals surface area contributed by atoms with E-state index in [1.165, 1.54) is 21.5 Å². The van der Waals surface area contributed by atoms with Crippen LogP contribution >= 0.6 is 22.9 Å². The van der Waals surface area contributed by atoms with Crippen molar-refractivity contribution in [2.24, 2.45) is 5.92 Å². The first-order valence-electron chi connectivity index (χ1n) is 11.3.